The lowest BCUT2D eigenvalue weighted by atomic mass is 9.99. The predicted molar refractivity (Wildman–Crippen MR) is 82.7 cm³/mol. The third-order valence-electron chi connectivity index (χ3n) is 3.49. The second-order valence-corrected chi connectivity index (χ2v) is 6.70. The molecule has 0 aromatic carbocycles. The molecule has 1 fully saturated rings. The van der Waals surface area contributed by atoms with Gasteiger partial charge in [-0.1, -0.05) is 0 Å². The Labute approximate surface area is 124 Å². The fourth-order valence-electron chi connectivity index (χ4n) is 3.10. The molecule has 3 heterocycles. The number of morpholine rings is 1. The minimum atomic E-state index is -0.237. The zero-order valence-corrected chi connectivity index (χ0v) is 13.2. The zero-order chi connectivity index (χ0) is 15.3. The summed E-state index contributed by atoms with van der Waals surface area (Å²) in [5, 5.41) is 3.00. The van der Waals surface area contributed by atoms with E-state index in [1.165, 1.54) is 0 Å². The van der Waals surface area contributed by atoms with Gasteiger partial charge < -0.3 is 19.9 Å². The van der Waals surface area contributed by atoms with E-state index in [4.69, 9.17) is 4.74 Å². The van der Waals surface area contributed by atoms with E-state index in [1.54, 1.807) is 6.33 Å². The fraction of sp³-hybridized carbons (Fsp3) is 0.643. The minimum absolute atomic E-state index is 0.237. The molecule has 0 unspecified atom stereocenters. The Morgan fingerprint density at radius 1 is 1.19 bits per heavy atom. The lowest BCUT2D eigenvalue weighted by molar-refractivity contribution is -0.133. The van der Waals surface area contributed by atoms with Gasteiger partial charge in [0.15, 0.2) is 11.5 Å². The summed E-state index contributed by atoms with van der Waals surface area (Å²) in [7, 11) is 1.81. The van der Waals surface area contributed by atoms with E-state index in [9.17, 15) is 0 Å². The molecule has 1 saturated heterocycles. The van der Waals surface area contributed by atoms with Gasteiger partial charge in [0.2, 0.25) is 5.95 Å². The maximum Gasteiger partial charge on any atom is 0.226 e. The van der Waals surface area contributed by atoms with E-state index >= 15 is 0 Å². The monoisotopic (exact) mass is 290 g/mol. The summed E-state index contributed by atoms with van der Waals surface area (Å²) >= 11 is 0. The fourth-order valence-corrected chi connectivity index (χ4v) is 3.10. The van der Waals surface area contributed by atoms with E-state index in [-0.39, 0.29) is 11.2 Å². The number of aromatic amines is 1. The minimum Gasteiger partial charge on any atom is -0.366 e. The lowest BCUT2D eigenvalue weighted by Crippen LogP contribution is -2.57. The summed E-state index contributed by atoms with van der Waals surface area (Å²) in [4.78, 5) is 18.6. The van der Waals surface area contributed by atoms with Crippen LogP contribution in [0.3, 0.4) is 0 Å². The number of rotatable bonds is 2. The number of aromatic nitrogens is 4. The number of anilines is 2. The number of ether oxygens (including phenoxy) is 1. The van der Waals surface area contributed by atoms with Crippen LogP contribution in [0.4, 0.5) is 11.8 Å². The first kappa shape index (κ1) is 14.1. The molecule has 3 rings (SSSR count). The smallest absolute Gasteiger partial charge is 0.226 e. The van der Waals surface area contributed by atoms with Crippen LogP contribution in [0.5, 0.6) is 0 Å². The second kappa shape index (κ2) is 4.56. The molecular formula is C14H22N6O. The van der Waals surface area contributed by atoms with Crippen molar-refractivity contribution in [3.05, 3.63) is 6.33 Å². The molecule has 0 atom stereocenters. The number of nitrogens with zero attached hydrogens (tertiary/aromatic N) is 4. The summed E-state index contributed by atoms with van der Waals surface area (Å²) in [6.45, 7) is 9.95. The van der Waals surface area contributed by atoms with Gasteiger partial charge in [-0.05, 0) is 27.7 Å². The third kappa shape index (κ3) is 2.65. The SMILES string of the molecule is CNc1nc(N2CC(C)(C)OC(C)(C)C2)c2[nH]cnc2n1. The zero-order valence-electron chi connectivity index (χ0n) is 13.2. The largest absolute Gasteiger partial charge is 0.366 e. The molecule has 0 spiro atoms. The maximum atomic E-state index is 6.14. The molecule has 1 aliphatic heterocycles. The van der Waals surface area contributed by atoms with Crippen LogP contribution in [0.1, 0.15) is 27.7 Å². The highest BCUT2D eigenvalue weighted by Crippen LogP contribution is 2.33. The van der Waals surface area contributed by atoms with Crippen LogP contribution >= 0.6 is 0 Å². The molecule has 7 heteroatoms. The summed E-state index contributed by atoms with van der Waals surface area (Å²) in [5.74, 6) is 1.44. The molecule has 1 aliphatic rings. The molecular weight excluding hydrogens is 268 g/mol. The molecule has 0 aliphatic carbocycles. The van der Waals surface area contributed by atoms with Gasteiger partial charge in [0.1, 0.15) is 5.52 Å². The van der Waals surface area contributed by atoms with E-state index < -0.39 is 0 Å². The van der Waals surface area contributed by atoms with Crippen molar-refractivity contribution in [2.45, 2.75) is 38.9 Å². The summed E-state index contributed by atoms with van der Waals surface area (Å²) < 4.78 is 6.14. The Kier molecular flexibility index (Phi) is 3.05. The number of fused-ring (bicyclic) bond motifs is 1. The third-order valence-corrected chi connectivity index (χ3v) is 3.49. The Balaban J connectivity index is 2.08. The van der Waals surface area contributed by atoms with Gasteiger partial charge in [-0.3, -0.25) is 0 Å². The first-order chi connectivity index (χ1) is 9.80. The van der Waals surface area contributed by atoms with Crippen molar-refractivity contribution in [1.29, 1.82) is 0 Å². The van der Waals surface area contributed by atoms with Crippen LogP contribution in [0.2, 0.25) is 0 Å². The number of H-pyrrole nitrogens is 1. The number of imidazole rings is 1. The number of nitrogens with one attached hydrogen (secondary N) is 2. The maximum absolute atomic E-state index is 6.14. The van der Waals surface area contributed by atoms with Crippen LogP contribution in [-0.4, -0.2) is 51.3 Å². The first-order valence-electron chi connectivity index (χ1n) is 7.14. The molecule has 114 valence electrons. The summed E-state index contributed by atoms with van der Waals surface area (Å²) in [6, 6.07) is 0. The topological polar surface area (TPSA) is 79.0 Å². The second-order valence-electron chi connectivity index (χ2n) is 6.70. The van der Waals surface area contributed by atoms with Gasteiger partial charge in [0.25, 0.3) is 0 Å². The molecule has 0 radical (unpaired) electrons. The lowest BCUT2D eigenvalue weighted by Gasteiger charge is -2.47. The Bertz CT molecular complexity index is 647. The first-order valence-corrected chi connectivity index (χ1v) is 7.14. The van der Waals surface area contributed by atoms with Crippen LogP contribution in [0.25, 0.3) is 11.2 Å². The predicted octanol–water partition coefficient (Wildman–Crippen LogP) is 1.79. The van der Waals surface area contributed by atoms with Crippen LogP contribution in [0, 0.1) is 0 Å². The highest BCUT2D eigenvalue weighted by atomic mass is 16.5. The van der Waals surface area contributed by atoms with Crippen molar-refractivity contribution >= 4 is 22.9 Å². The highest BCUT2D eigenvalue weighted by Gasteiger charge is 2.39. The normalized spacial score (nSPS) is 20.7. The van der Waals surface area contributed by atoms with Gasteiger partial charge in [-0.25, -0.2) is 4.98 Å². The summed E-state index contributed by atoms with van der Waals surface area (Å²) in [6.07, 6.45) is 1.65. The molecule has 2 aromatic rings. The van der Waals surface area contributed by atoms with Gasteiger partial charge in [0, 0.05) is 20.1 Å². The average molecular weight is 290 g/mol. The molecule has 2 aromatic heterocycles. The van der Waals surface area contributed by atoms with E-state index in [1.807, 2.05) is 7.05 Å². The van der Waals surface area contributed by atoms with Crippen molar-refractivity contribution in [1.82, 2.24) is 19.9 Å². The van der Waals surface area contributed by atoms with Crippen molar-refractivity contribution in [3.63, 3.8) is 0 Å². The Hall–Kier alpha value is -1.89. The van der Waals surface area contributed by atoms with Crippen molar-refractivity contribution in [2.75, 3.05) is 30.4 Å². The van der Waals surface area contributed by atoms with Crippen molar-refractivity contribution < 1.29 is 4.74 Å². The molecule has 7 nitrogen and oxygen atoms in total. The van der Waals surface area contributed by atoms with E-state index in [0.717, 1.165) is 24.4 Å². The van der Waals surface area contributed by atoms with Gasteiger partial charge in [0.05, 0.1) is 17.5 Å². The van der Waals surface area contributed by atoms with Gasteiger partial charge >= 0.3 is 0 Å². The van der Waals surface area contributed by atoms with Crippen molar-refractivity contribution in [2.24, 2.45) is 0 Å². The van der Waals surface area contributed by atoms with Crippen LogP contribution in [-0.2, 0) is 4.74 Å². The van der Waals surface area contributed by atoms with E-state index in [0.29, 0.717) is 11.6 Å². The van der Waals surface area contributed by atoms with Gasteiger partial charge in [-0.2, -0.15) is 9.97 Å². The average Bonchev–Trinajstić information content (AvgIpc) is 2.81. The Morgan fingerprint density at radius 3 is 2.48 bits per heavy atom. The van der Waals surface area contributed by atoms with E-state index in [2.05, 4.69) is 57.8 Å². The summed E-state index contributed by atoms with van der Waals surface area (Å²) in [5.41, 5.74) is 1.06. The molecule has 0 saturated carbocycles. The standard InChI is InChI=1S/C14H22N6O/c1-13(2)6-20(7-14(3,4)21-13)11-9-10(17-8-16-9)18-12(15-5)19-11/h8H,6-7H2,1-5H3,(H2,15,16,17,18,19). The van der Waals surface area contributed by atoms with Crippen LogP contribution in [0.15, 0.2) is 6.33 Å². The quantitative estimate of drug-likeness (QED) is 0.878. The number of hydrogen-bond acceptors (Lipinski definition) is 6. The molecule has 0 amide bonds. The molecule has 0 bridgehead atoms. The molecule has 21 heavy (non-hydrogen) atoms. The van der Waals surface area contributed by atoms with Crippen molar-refractivity contribution in [3.8, 4) is 0 Å². The number of hydrogen-bond donors (Lipinski definition) is 2. The van der Waals surface area contributed by atoms with Crippen LogP contribution < -0.4 is 10.2 Å². The Morgan fingerprint density at radius 2 is 1.86 bits per heavy atom. The van der Waals surface area contributed by atoms with Gasteiger partial charge in [-0.15, -0.1) is 0 Å². The highest BCUT2D eigenvalue weighted by molar-refractivity contribution is 5.84. The molecule has 2 N–H and O–H groups in total.